The van der Waals surface area contributed by atoms with Crippen molar-refractivity contribution in [2.45, 2.75) is 25.2 Å². The average molecular weight is 341 g/mol. The molecular weight excluding hydrogens is 318 g/mol. The minimum Gasteiger partial charge on any atom is -0.493 e. The Kier molecular flexibility index (Phi) is 4.57. The van der Waals surface area contributed by atoms with Gasteiger partial charge in [0.25, 0.3) is 5.91 Å². The highest BCUT2D eigenvalue weighted by molar-refractivity contribution is 6.05. The van der Waals surface area contributed by atoms with Crippen LogP contribution in [0.15, 0.2) is 36.4 Å². The first-order valence-electron chi connectivity index (χ1n) is 8.23. The summed E-state index contributed by atoms with van der Waals surface area (Å²) < 4.78 is 15.9. The van der Waals surface area contributed by atoms with E-state index >= 15 is 0 Å². The Morgan fingerprint density at radius 1 is 1.00 bits per heavy atom. The van der Waals surface area contributed by atoms with E-state index in [9.17, 15) is 4.79 Å². The van der Waals surface area contributed by atoms with Crippen molar-refractivity contribution in [2.24, 2.45) is 0 Å². The molecule has 1 N–H and O–H groups in total. The number of carbonyl (C=O) groups excluding carboxylic acids is 1. The fourth-order valence-electron chi connectivity index (χ4n) is 2.98. The molecule has 0 heterocycles. The maximum absolute atomic E-state index is 12.8. The van der Waals surface area contributed by atoms with Gasteiger partial charge < -0.3 is 19.5 Å². The molecule has 0 spiro atoms. The second-order valence-electron chi connectivity index (χ2n) is 6.47. The number of carbonyl (C=O) groups is 1. The zero-order valence-electron chi connectivity index (χ0n) is 15.0. The normalized spacial score (nSPS) is 14.6. The number of hydrogen-bond acceptors (Lipinski definition) is 4. The standard InChI is InChI=1S/C20H23NO4/c1-20(9-10-20)14-7-5-6-8-15(14)21-19(22)13-11-16(23-2)18(25-4)17(12-13)24-3/h5-8,11-12H,9-10H2,1-4H3,(H,21,22). The Labute approximate surface area is 147 Å². The van der Waals surface area contributed by atoms with Gasteiger partial charge >= 0.3 is 0 Å². The molecule has 1 fully saturated rings. The lowest BCUT2D eigenvalue weighted by Crippen LogP contribution is -2.15. The molecule has 132 valence electrons. The molecule has 1 aliphatic rings. The first-order valence-corrected chi connectivity index (χ1v) is 8.23. The van der Waals surface area contributed by atoms with Crippen molar-refractivity contribution in [3.8, 4) is 17.2 Å². The number of hydrogen-bond donors (Lipinski definition) is 1. The molecule has 1 saturated carbocycles. The van der Waals surface area contributed by atoms with Gasteiger partial charge in [0.15, 0.2) is 11.5 Å². The van der Waals surface area contributed by atoms with Crippen molar-refractivity contribution >= 4 is 11.6 Å². The molecule has 0 radical (unpaired) electrons. The zero-order valence-corrected chi connectivity index (χ0v) is 15.0. The number of nitrogens with one attached hydrogen (secondary N) is 1. The monoisotopic (exact) mass is 341 g/mol. The highest BCUT2D eigenvalue weighted by Gasteiger charge is 2.40. The third-order valence-electron chi connectivity index (χ3n) is 4.75. The van der Waals surface area contributed by atoms with E-state index in [0.717, 1.165) is 18.5 Å². The molecule has 0 aliphatic heterocycles. The van der Waals surface area contributed by atoms with Crippen LogP contribution in [-0.4, -0.2) is 27.2 Å². The molecule has 0 atom stereocenters. The van der Waals surface area contributed by atoms with Crippen LogP contribution >= 0.6 is 0 Å². The molecule has 0 unspecified atom stereocenters. The number of para-hydroxylation sites is 1. The molecule has 1 aliphatic carbocycles. The molecule has 1 amide bonds. The van der Waals surface area contributed by atoms with E-state index in [-0.39, 0.29) is 11.3 Å². The third kappa shape index (κ3) is 3.27. The van der Waals surface area contributed by atoms with Gasteiger partial charge in [-0.3, -0.25) is 4.79 Å². The van der Waals surface area contributed by atoms with Crippen molar-refractivity contribution in [1.82, 2.24) is 0 Å². The maximum atomic E-state index is 12.8. The van der Waals surface area contributed by atoms with E-state index in [0.29, 0.717) is 22.8 Å². The Hall–Kier alpha value is -2.69. The van der Waals surface area contributed by atoms with Crippen molar-refractivity contribution < 1.29 is 19.0 Å². The number of benzene rings is 2. The summed E-state index contributed by atoms with van der Waals surface area (Å²) in [5.74, 6) is 1.16. The van der Waals surface area contributed by atoms with Crippen molar-refractivity contribution in [2.75, 3.05) is 26.6 Å². The Morgan fingerprint density at radius 2 is 1.60 bits per heavy atom. The Morgan fingerprint density at radius 3 is 2.12 bits per heavy atom. The molecule has 3 rings (SSSR count). The topological polar surface area (TPSA) is 56.8 Å². The van der Waals surface area contributed by atoms with Crippen LogP contribution in [0, 0.1) is 0 Å². The smallest absolute Gasteiger partial charge is 0.255 e. The average Bonchev–Trinajstić information content (AvgIpc) is 3.39. The summed E-state index contributed by atoms with van der Waals surface area (Å²) in [6, 6.07) is 11.3. The third-order valence-corrected chi connectivity index (χ3v) is 4.75. The van der Waals surface area contributed by atoms with Crippen LogP contribution in [0.5, 0.6) is 17.2 Å². The summed E-state index contributed by atoms with van der Waals surface area (Å²) in [7, 11) is 4.59. The van der Waals surface area contributed by atoms with E-state index < -0.39 is 0 Å². The van der Waals surface area contributed by atoms with Crippen LogP contribution in [0.25, 0.3) is 0 Å². The Balaban J connectivity index is 1.92. The number of methoxy groups -OCH3 is 3. The molecule has 5 nitrogen and oxygen atoms in total. The lowest BCUT2D eigenvalue weighted by atomic mass is 9.96. The van der Waals surface area contributed by atoms with E-state index in [4.69, 9.17) is 14.2 Å². The molecule has 0 saturated heterocycles. The van der Waals surface area contributed by atoms with Gasteiger partial charge in [0.05, 0.1) is 21.3 Å². The van der Waals surface area contributed by atoms with Gasteiger partial charge in [-0.2, -0.15) is 0 Å². The van der Waals surface area contributed by atoms with Crippen LogP contribution in [0.2, 0.25) is 0 Å². The zero-order chi connectivity index (χ0) is 18.0. The number of amides is 1. The minimum absolute atomic E-state index is 0.166. The van der Waals surface area contributed by atoms with Gasteiger partial charge in [-0.15, -0.1) is 0 Å². The second-order valence-corrected chi connectivity index (χ2v) is 6.47. The summed E-state index contributed by atoms with van der Waals surface area (Å²) in [5, 5.41) is 3.02. The highest BCUT2D eigenvalue weighted by Crippen LogP contribution is 2.50. The second kappa shape index (κ2) is 6.67. The summed E-state index contributed by atoms with van der Waals surface area (Å²) in [5.41, 5.74) is 2.64. The van der Waals surface area contributed by atoms with Gasteiger partial charge in [-0.25, -0.2) is 0 Å². The summed E-state index contributed by atoms with van der Waals surface area (Å²) in [6.45, 7) is 2.22. The predicted molar refractivity (Wildman–Crippen MR) is 97.1 cm³/mol. The number of rotatable bonds is 6. The summed E-state index contributed by atoms with van der Waals surface area (Å²) in [6.07, 6.45) is 2.29. The van der Waals surface area contributed by atoms with Gasteiger partial charge in [-0.1, -0.05) is 25.1 Å². The molecule has 2 aromatic carbocycles. The van der Waals surface area contributed by atoms with E-state index in [1.165, 1.54) is 26.9 Å². The lowest BCUT2D eigenvalue weighted by Gasteiger charge is -2.17. The predicted octanol–water partition coefficient (Wildman–Crippen LogP) is 4.02. The van der Waals surface area contributed by atoms with E-state index in [1.807, 2.05) is 18.2 Å². The molecule has 2 aromatic rings. The van der Waals surface area contributed by atoms with Gasteiger partial charge in [0, 0.05) is 11.3 Å². The van der Waals surface area contributed by atoms with Gasteiger partial charge in [-0.05, 0) is 42.0 Å². The quantitative estimate of drug-likeness (QED) is 0.862. The Bertz CT molecular complexity index is 771. The molecular formula is C20H23NO4. The van der Waals surface area contributed by atoms with Crippen LogP contribution in [0.4, 0.5) is 5.69 Å². The summed E-state index contributed by atoms with van der Waals surface area (Å²) in [4.78, 5) is 12.8. The molecule has 25 heavy (non-hydrogen) atoms. The van der Waals surface area contributed by atoms with E-state index in [1.54, 1.807) is 12.1 Å². The fourth-order valence-corrected chi connectivity index (χ4v) is 2.98. The lowest BCUT2D eigenvalue weighted by molar-refractivity contribution is 0.102. The number of ether oxygens (including phenoxy) is 3. The first-order chi connectivity index (χ1) is 12.0. The number of anilines is 1. The van der Waals surface area contributed by atoms with Crippen LogP contribution in [0.3, 0.4) is 0 Å². The molecule has 5 heteroatoms. The molecule has 0 aromatic heterocycles. The maximum Gasteiger partial charge on any atom is 0.255 e. The van der Waals surface area contributed by atoms with Gasteiger partial charge in [0.2, 0.25) is 5.75 Å². The first kappa shape index (κ1) is 17.1. The van der Waals surface area contributed by atoms with Crippen molar-refractivity contribution in [3.63, 3.8) is 0 Å². The fraction of sp³-hybridized carbons (Fsp3) is 0.350. The SMILES string of the molecule is COc1cc(C(=O)Nc2ccccc2C2(C)CC2)cc(OC)c1OC. The highest BCUT2D eigenvalue weighted by atomic mass is 16.5. The van der Waals surface area contributed by atoms with Crippen LogP contribution in [-0.2, 0) is 5.41 Å². The van der Waals surface area contributed by atoms with Crippen molar-refractivity contribution in [3.05, 3.63) is 47.5 Å². The minimum atomic E-state index is -0.212. The van der Waals surface area contributed by atoms with E-state index in [2.05, 4.69) is 18.3 Å². The summed E-state index contributed by atoms with van der Waals surface area (Å²) >= 11 is 0. The van der Waals surface area contributed by atoms with Crippen LogP contribution in [0.1, 0.15) is 35.7 Å². The molecule has 0 bridgehead atoms. The largest absolute Gasteiger partial charge is 0.493 e. The van der Waals surface area contributed by atoms with Crippen molar-refractivity contribution in [1.29, 1.82) is 0 Å². The van der Waals surface area contributed by atoms with Gasteiger partial charge in [0.1, 0.15) is 0 Å². The van der Waals surface area contributed by atoms with Crippen LogP contribution < -0.4 is 19.5 Å².